The fraction of sp³-hybridized carbons (Fsp3) is 0.478. The first-order valence-electron chi connectivity index (χ1n) is 11.0. The second kappa shape index (κ2) is 8.13. The van der Waals surface area contributed by atoms with E-state index in [0.717, 1.165) is 28.8 Å². The SMILES string of the molecule is C[C@@H]1COCCN1c1cc(C2([S@@](C)(=N)=O)CCOCC2)nc(-c2cccc3[nH]ccc23)n1. The van der Waals surface area contributed by atoms with Gasteiger partial charge in [-0.1, -0.05) is 12.1 Å². The molecule has 0 amide bonds. The maximum atomic E-state index is 13.3. The summed E-state index contributed by atoms with van der Waals surface area (Å²) in [4.78, 5) is 15.4. The standard InChI is InChI=1S/C23H29N5O3S/c1-16-15-31-13-10-28(16)21-14-20(23(32(2,24)29)7-11-30-12-8-23)26-22(27-21)18-4-3-5-19-17(18)6-9-25-19/h3-6,9,14,16,24-25H,7-8,10-13,15H2,1-2H3/t16-,32+/m1/s1. The van der Waals surface area contributed by atoms with Crippen LogP contribution in [0.5, 0.6) is 0 Å². The molecule has 0 aliphatic carbocycles. The van der Waals surface area contributed by atoms with Gasteiger partial charge in [0.15, 0.2) is 5.82 Å². The number of morpholine rings is 1. The van der Waals surface area contributed by atoms with Crippen LogP contribution in [0.1, 0.15) is 25.5 Å². The first-order valence-corrected chi connectivity index (χ1v) is 13.0. The molecule has 9 heteroatoms. The summed E-state index contributed by atoms with van der Waals surface area (Å²) in [5.74, 6) is 1.39. The molecule has 0 radical (unpaired) electrons. The van der Waals surface area contributed by atoms with Crippen molar-refractivity contribution in [3.05, 3.63) is 42.2 Å². The van der Waals surface area contributed by atoms with Gasteiger partial charge in [-0.2, -0.15) is 0 Å². The first kappa shape index (κ1) is 21.4. The number of aromatic nitrogens is 3. The van der Waals surface area contributed by atoms with E-state index in [1.807, 2.05) is 36.5 Å². The summed E-state index contributed by atoms with van der Waals surface area (Å²) in [5.41, 5.74) is 2.61. The number of hydrogen-bond donors (Lipinski definition) is 2. The van der Waals surface area contributed by atoms with Gasteiger partial charge < -0.3 is 19.4 Å². The van der Waals surface area contributed by atoms with Crippen LogP contribution >= 0.6 is 0 Å². The lowest BCUT2D eigenvalue weighted by molar-refractivity contribution is 0.0740. The summed E-state index contributed by atoms with van der Waals surface area (Å²) in [6, 6.07) is 10.2. The number of H-pyrrole nitrogens is 1. The summed E-state index contributed by atoms with van der Waals surface area (Å²) < 4.78 is 32.3. The molecule has 0 bridgehead atoms. The highest BCUT2D eigenvalue weighted by Crippen LogP contribution is 2.41. The number of hydrogen-bond acceptors (Lipinski definition) is 7. The van der Waals surface area contributed by atoms with Crippen LogP contribution in [0.25, 0.3) is 22.3 Å². The van der Waals surface area contributed by atoms with Crippen LogP contribution in [0.2, 0.25) is 0 Å². The lowest BCUT2D eigenvalue weighted by atomic mass is 9.94. The highest BCUT2D eigenvalue weighted by molar-refractivity contribution is 7.92. The van der Waals surface area contributed by atoms with Crippen molar-refractivity contribution in [1.82, 2.24) is 15.0 Å². The van der Waals surface area contributed by atoms with E-state index in [9.17, 15) is 4.21 Å². The summed E-state index contributed by atoms with van der Waals surface area (Å²) >= 11 is 0. The van der Waals surface area contributed by atoms with Gasteiger partial charge in [0, 0.05) is 54.7 Å². The number of rotatable bonds is 4. The minimum Gasteiger partial charge on any atom is -0.381 e. The second-order valence-corrected chi connectivity index (χ2v) is 11.2. The minimum absolute atomic E-state index is 0.162. The Kier molecular flexibility index (Phi) is 5.43. The lowest BCUT2D eigenvalue weighted by Gasteiger charge is -2.38. The molecule has 2 saturated heterocycles. The molecule has 0 saturated carbocycles. The molecule has 2 atom stereocenters. The maximum absolute atomic E-state index is 13.3. The van der Waals surface area contributed by atoms with Crippen molar-refractivity contribution < 1.29 is 13.7 Å². The van der Waals surface area contributed by atoms with E-state index < -0.39 is 14.5 Å². The Balaban J connectivity index is 1.74. The molecule has 0 unspecified atom stereocenters. The molecular weight excluding hydrogens is 426 g/mol. The van der Waals surface area contributed by atoms with Crippen LogP contribution in [-0.4, -0.2) is 64.4 Å². The number of benzene rings is 1. The molecule has 170 valence electrons. The number of ether oxygens (including phenoxy) is 2. The van der Waals surface area contributed by atoms with Crippen LogP contribution in [0.3, 0.4) is 0 Å². The largest absolute Gasteiger partial charge is 0.381 e. The smallest absolute Gasteiger partial charge is 0.162 e. The number of fused-ring (bicyclic) bond motifs is 1. The van der Waals surface area contributed by atoms with Gasteiger partial charge in [0.2, 0.25) is 0 Å². The van der Waals surface area contributed by atoms with Crippen LogP contribution < -0.4 is 4.90 Å². The van der Waals surface area contributed by atoms with Gasteiger partial charge in [-0.05, 0) is 31.9 Å². The molecule has 2 aromatic heterocycles. The lowest BCUT2D eigenvalue weighted by Crippen LogP contribution is -2.45. The van der Waals surface area contributed by atoms with Crippen molar-refractivity contribution in [2.24, 2.45) is 0 Å². The van der Waals surface area contributed by atoms with E-state index >= 15 is 0 Å². The highest BCUT2D eigenvalue weighted by Gasteiger charge is 2.44. The topological polar surface area (TPSA) is 104 Å². The van der Waals surface area contributed by atoms with Crippen LogP contribution in [0.15, 0.2) is 36.5 Å². The summed E-state index contributed by atoms with van der Waals surface area (Å²) in [5, 5.41) is 1.04. The van der Waals surface area contributed by atoms with E-state index in [0.29, 0.717) is 50.8 Å². The third kappa shape index (κ3) is 3.58. The van der Waals surface area contributed by atoms with Crippen LogP contribution in [-0.2, 0) is 23.9 Å². The Hall–Kier alpha value is -2.49. The molecule has 3 aromatic rings. The zero-order valence-corrected chi connectivity index (χ0v) is 19.3. The Bertz CT molecular complexity index is 1230. The Morgan fingerprint density at radius 3 is 2.75 bits per heavy atom. The zero-order chi connectivity index (χ0) is 22.3. The molecule has 4 heterocycles. The predicted octanol–water partition coefficient (Wildman–Crippen LogP) is 3.53. The number of nitrogens with one attached hydrogen (secondary N) is 2. The van der Waals surface area contributed by atoms with Gasteiger partial charge in [-0.25, -0.2) is 14.2 Å². The van der Waals surface area contributed by atoms with Crippen molar-refractivity contribution in [1.29, 1.82) is 4.78 Å². The van der Waals surface area contributed by atoms with Crippen LogP contribution in [0.4, 0.5) is 5.82 Å². The summed E-state index contributed by atoms with van der Waals surface area (Å²) in [6.07, 6.45) is 4.46. The molecule has 5 rings (SSSR count). The summed E-state index contributed by atoms with van der Waals surface area (Å²) in [7, 11) is -2.95. The molecule has 2 N–H and O–H groups in total. The fourth-order valence-electron chi connectivity index (χ4n) is 4.83. The highest BCUT2D eigenvalue weighted by atomic mass is 32.2. The van der Waals surface area contributed by atoms with E-state index in [4.69, 9.17) is 24.2 Å². The van der Waals surface area contributed by atoms with E-state index in [1.165, 1.54) is 6.26 Å². The summed E-state index contributed by atoms with van der Waals surface area (Å²) in [6.45, 7) is 5.05. The van der Waals surface area contributed by atoms with Crippen molar-refractivity contribution in [2.45, 2.75) is 30.6 Å². The van der Waals surface area contributed by atoms with E-state index in [2.05, 4.69) is 16.8 Å². The fourth-order valence-corrected chi connectivity index (χ4v) is 6.28. The van der Waals surface area contributed by atoms with Gasteiger partial charge in [0.1, 0.15) is 10.6 Å². The first-order chi connectivity index (χ1) is 15.4. The minimum atomic E-state index is -2.95. The van der Waals surface area contributed by atoms with Gasteiger partial charge >= 0.3 is 0 Å². The Morgan fingerprint density at radius 1 is 1.19 bits per heavy atom. The van der Waals surface area contributed by atoms with Gasteiger partial charge in [0.05, 0.1) is 34.7 Å². The normalized spacial score (nSPS) is 23.2. The zero-order valence-electron chi connectivity index (χ0n) is 18.5. The van der Waals surface area contributed by atoms with E-state index in [-0.39, 0.29) is 6.04 Å². The van der Waals surface area contributed by atoms with Gasteiger partial charge in [0.25, 0.3) is 0 Å². The number of anilines is 1. The van der Waals surface area contributed by atoms with Crippen molar-refractivity contribution in [3.63, 3.8) is 0 Å². The number of nitrogens with zero attached hydrogens (tertiary/aromatic N) is 3. The Morgan fingerprint density at radius 2 is 2.00 bits per heavy atom. The number of aromatic amines is 1. The molecule has 1 aromatic carbocycles. The molecule has 2 fully saturated rings. The van der Waals surface area contributed by atoms with Crippen molar-refractivity contribution in [3.8, 4) is 11.4 Å². The third-order valence-electron chi connectivity index (χ3n) is 6.72. The van der Waals surface area contributed by atoms with Crippen LogP contribution in [0, 0.1) is 4.78 Å². The van der Waals surface area contributed by atoms with Gasteiger partial charge in [-0.15, -0.1) is 0 Å². The molecule has 0 spiro atoms. The second-order valence-electron chi connectivity index (χ2n) is 8.75. The van der Waals surface area contributed by atoms with E-state index in [1.54, 1.807) is 0 Å². The quantitative estimate of drug-likeness (QED) is 0.624. The molecular formula is C23H29N5O3S. The van der Waals surface area contributed by atoms with Crippen molar-refractivity contribution >= 4 is 26.4 Å². The van der Waals surface area contributed by atoms with Crippen molar-refractivity contribution in [2.75, 3.05) is 44.1 Å². The maximum Gasteiger partial charge on any atom is 0.162 e. The average Bonchev–Trinajstić information content (AvgIpc) is 3.28. The molecule has 32 heavy (non-hydrogen) atoms. The molecule has 2 aliphatic heterocycles. The average molecular weight is 456 g/mol. The molecule has 8 nitrogen and oxygen atoms in total. The Labute approximate surface area is 188 Å². The predicted molar refractivity (Wildman–Crippen MR) is 125 cm³/mol. The molecule has 2 aliphatic rings. The van der Waals surface area contributed by atoms with Gasteiger partial charge in [-0.3, -0.25) is 4.78 Å². The third-order valence-corrected chi connectivity index (χ3v) is 8.83. The monoisotopic (exact) mass is 455 g/mol.